The summed E-state index contributed by atoms with van der Waals surface area (Å²) < 4.78 is 1.15. The van der Waals surface area contributed by atoms with E-state index in [2.05, 4.69) is 27.3 Å². The lowest BCUT2D eigenvalue weighted by molar-refractivity contribution is 0.511. The van der Waals surface area contributed by atoms with Crippen LogP contribution in [0.5, 0.6) is 0 Å². The smallest absolute Gasteiger partial charge is 0.0702 e. The average Bonchev–Trinajstić information content (AvgIpc) is 2.37. The molecular formula is C8H13BrN2S. The molecule has 0 fully saturated rings. The standard InChI is InChI=1S/C8H13BrN2S/c1-5(10)8(11-2)6-3-4-7(9)12-6/h3-5,8,11H,10H2,1-2H3. The van der Waals surface area contributed by atoms with Crippen molar-refractivity contribution < 1.29 is 0 Å². The van der Waals surface area contributed by atoms with E-state index in [1.54, 1.807) is 11.3 Å². The Balaban J connectivity index is 2.80. The van der Waals surface area contributed by atoms with E-state index in [1.807, 2.05) is 20.0 Å². The molecule has 1 aromatic heterocycles. The first-order chi connectivity index (χ1) is 5.65. The fourth-order valence-electron chi connectivity index (χ4n) is 1.16. The normalized spacial score (nSPS) is 16.0. The molecule has 0 aliphatic carbocycles. The summed E-state index contributed by atoms with van der Waals surface area (Å²) in [6, 6.07) is 4.55. The van der Waals surface area contributed by atoms with Crippen LogP contribution in [-0.2, 0) is 0 Å². The first-order valence-electron chi connectivity index (χ1n) is 3.83. The second-order valence-corrected chi connectivity index (χ2v) is 5.26. The molecule has 12 heavy (non-hydrogen) atoms. The maximum absolute atomic E-state index is 5.82. The number of nitrogens with two attached hydrogens (primary N) is 1. The molecule has 0 aliphatic heterocycles. The van der Waals surface area contributed by atoms with Gasteiger partial charge in [-0.25, -0.2) is 0 Å². The van der Waals surface area contributed by atoms with Gasteiger partial charge in [0, 0.05) is 10.9 Å². The van der Waals surface area contributed by atoms with Crippen LogP contribution < -0.4 is 11.1 Å². The second kappa shape index (κ2) is 4.37. The molecule has 1 aromatic rings. The Labute approximate surface area is 85.3 Å². The van der Waals surface area contributed by atoms with E-state index in [0.29, 0.717) is 0 Å². The average molecular weight is 249 g/mol. The number of nitrogens with one attached hydrogen (secondary N) is 1. The lowest BCUT2D eigenvalue weighted by Gasteiger charge is -2.18. The first kappa shape index (κ1) is 10.2. The summed E-state index contributed by atoms with van der Waals surface area (Å²) in [6.07, 6.45) is 0. The number of likely N-dealkylation sites (N-methyl/N-ethyl adjacent to an activating group) is 1. The molecule has 3 N–H and O–H groups in total. The van der Waals surface area contributed by atoms with E-state index >= 15 is 0 Å². The van der Waals surface area contributed by atoms with Crippen LogP contribution in [-0.4, -0.2) is 13.1 Å². The van der Waals surface area contributed by atoms with Gasteiger partial charge in [0.25, 0.3) is 0 Å². The molecule has 2 nitrogen and oxygen atoms in total. The molecule has 1 rings (SSSR count). The van der Waals surface area contributed by atoms with Crippen LogP contribution in [0.4, 0.5) is 0 Å². The van der Waals surface area contributed by atoms with Gasteiger partial charge in [0.15, 0.2) is 0 Å². The molecule has 0 spiro atoms. The highest BCUT2D eigenvalue weighted by Gasteiger charge is 2.15. The zero-order chi connectivity index (χ0) is 9.14. The molecular weight excluding hydrogens is 236 g/mol. The van der Waals surface area contributed by atoms with Gasteiger partial charge in [0.1, 0.15) is 0 Å². The molecule has 2 atom stereocenters. The summed E-state index contributed by atoms with van der Waals surface area (Å²) in [4.78, 5) is 1.28. The van der Waals surface area contributed by atoms with Gasteiger partial charge in [-0.05, 0) is 42.0 Å². The van der Waals surface area contributed by atoms with Gasteiger partial charge in [0.05, 0.1) is 9.83 Å². The van der Waals surface area contributed by atoms with Gasteiger partial charge in [0.2, 0.25) is 0 Å². The molecule has 68 valence electrons. The number of hydrogen-bond donors (Lipinski definition) is 2. The number of rotatable bonds is 3. The highest BCUT2D eigenvalue weighted by Crippen LogP contribution is 2.28. The van der Waals surface area contributed by atoms with Crippen molar-refractivity contribution >= 4 is 27.3 Å². The highest BCUT2D eigenvalue weighted by atomic mass is 79.9. The zero-order valence-electron chi connectivity index (χ0n) is 7.17. The van der Waals surface area contributed by atoms with Gasteiger partial charge >= 0.3 is 0 Å². The Morgan fingerprint density at radius 3 is 2.58 bits per heavy atom. The predicted molar refractivity (Wildman–Crippen MR) is 57.5 cm³/mol. The number of halogens is 1. The molecule has 0 saturated carbocycles. The topological polar surface area (TPSA) is 38.0 Å². The van der Waals surface area contributed by atoms with Gasteiger partial charge in [-0.3, -0.25) is 0 Å². The van der Waals surface area contributed by atoms with E-state index in [1.165, 1.54) is 4.88 Å². The van der Waals surface area contributed by atoms with Crippen molar-refractivity contribution in [2.45, 2.75) is 19.0 Å². The van der Waals surface area contributed by atoms with E-state index in [4.69, 9.17) is 5.73 Å². The lowest BCUT2D eigenvalue weighted by Crippen LogP contribution is -2.32. The van der Waals surface area contributed by atoms with E-state index < -0.39 is 0 Å². The van der Waals surface area contributed by atoms with Crippen molar-refractivity contribution in [3.05, 3.63) is 20.8 Å². The third-order valence-corrected chi connectivity index (χ3v) is 3.44. The van der Waals surface area contributed by atoms with Crippen LogP contribution in [0.15, 0.2) is 15.9 Å². The molecule has 0 aromatic carbocycles. The van der Waals surface area contributed by atoms with Crippen LogP contribution in [0.25, 0.3) is 0 Å². The van der Waals surface area contributed by atoms with Crippen molar-refractivity contribution in [2.75, 3.05) is 7.05 Å². The summed E-state index contributed by atoms with van der Waals surface area (Å²) in [5, 5.41) is 3.20. The summed E-state index contributed by atoms with van der Waals surface area (Å²) in [6.45, 7) is 2.01. The molecule has 0 radical (unpaired) electrons. The van der Waals surface area contributed by atoms with Crippen molar-refractivity contribution in [1.29, 1.82) is 0 Å². The van der Waals surface area contributed by atoms with Crippen molar-refractivity contribution in [2.24, 2.45) is 5.73 Å². The molecule has 2 unspecified atom stereocenters. The first-order valence-corrected chi connectivity index (χ1v) is 5.44. The Kier molecular flexibility index (Phi) is 3.71. The van der Waals surface area contributed by atoms with Crippen molar-refractivity contribution in [1.82, 2.24) is 5.32 Å². The molecule has 0 bridgehead atoms. The fourth-order valence-corrected chi connectivity index (χ4v) is 2.81. The van der Waals surface area contributed by atoms with E-state index in [-0.39, 0.29) is 12.1 Å². The summed E-state index contributed by atoms with van der Waals surface area (Å²) >= 11 is 5.15. The largest absolute Gasteiger partial charge is 0.326 e. The molecule has 1 heterocycles. The molecule has 4 heteroatoms. The van der Waals surface area contributed by atoms with Gasteiger partial charge < -0.3 is 11.1 Å². The zero-order valence-corrected chi connectivity index (χ0v) is 9.58. The summed E-state index contributed by atoms with van der Waals surface area (Å²) in [5.41, 5.74) is 5.82. The predicted octanol–water partition coefficient (Wildman–Crippen LogP) is 2.12. The van der Waals surface area contributed by atoms with Gasteiger partial charge in [-0.1, -0.05) is 0 Å². The highest BCUT2D eigenvalue weighted by molar-refractivity contribution is 9.11. The maximum Gasteiger partial charge on any atom is 0.0702 e. The minimum Gasteiger partial charge on any atom is -0.326 e. The Morgan fingerprint density at radius 1 is 1.58 bits per heavy atom. The number of hydrogen-bond acceptors (Lipinski definition) is 3. The minimum atomic E-state index is 0.139. The van der Waals surface area contributed by atoms with Gasteiger partial charge in [-0.15, -0.1) is 11.3 Å². The van der Waals surface area contributed by atoms with Crippen LogP contribution in [0, 0.1) is 0 Å². The third-order valence-electron chi connectivity index (χ3n) is 1.74. The third kappa shape index (κ3) is 2.29. The van der Waals surface area contributed by atoms with E-state index in [9.17, 15) is 0 Å². The molecule has 0 aliphatic rings. The second-order valence-electron chi connectivity index (χ2n) is 2.77. The molecule has 0 amide bonds. The van der Waals surface area contributed by atoms with Crippen molar-refractivity contribution in [3.8, 4) is 0 Å². The van der Waals surface area contributed by atoms with E-state index in [0.717, 1.165) is 3.79 Å². The van der Waals surface area contributed by atoms with Crippen molar-refractivity contribution in [3.63, 3.8) is 0 Å². The fraction of sp³-hybridized carbons (Fsp3) is 0.500. The summed E-state index contributed by atoms with van der Waals surface area (Å²) in [5.74, 6) is 0. The van der Waals surface area contributed by atoms with Crippen LogP contribution in [0.3, 0.4) is 0 Å². The lowest BCUT2D eigenvalue weighted by atomic mass is 10.1. The maximum atomic E-state index is 5.82. The summed E-state index contributed by atoms with van der Waals surface area (Å²) in [7, 11) is 1.93. The van der Waals surface area contributed by atoms with Crippen LogP contribution in [0.2, 0.25) is 0 Å². The van der Waals surface area contributed by atoms with Gasteiger partial charge in [-0.2, -0.15) is 0 Å². The monoisotopic (exact) mass is 248 g/mol. The van der Waals surface area contributed by atoms with Crippen LogP contribution >= 0.6 is 27.3 Å². The number of thiophene rings is 1. The Morgan fingerprint density at radius 2 is 2.25 bits per heavy atom. The Bertz CT molecular complexity index is 247. The van der Waals surface area contributed by atoms with Crippen LogP contribution in [0.1, 0.15) is 17.8 Å². The Hall–Kier alpha value is 0.1000. The molecule has 0 saturated heterocycles. The SMILES string of the molecule is CNC(c1ccc(Br)s1)C(C)N. The minimum absolute atomic E-state index is 0.139. The quantitative estimate of drug-likeness (QED) is 0.861.